The average molecular weight is 176 g/mol. The highest BCUT2D eigenvalue weighted by Crippen LogP contribution is 1.75. The maximum absolute atomic E-state index is 10.1. The molecule has 0 aliphatic heterocycles. The van der Waals surface area contributed by atoms with Crippen LogP contribution in [-0.2, 0) is 14.3 Å². The normalized spacial score (nSPS) is 7.50. The number of carboxylic acids is 1. The van der Waals surface area contributed by atoms with E-state index in [1.54, 1.807) is 0 Å². The summed E-state index contributed by atoms with van der Waals surface area (Å²) in [7, 11) is 0. The summed E-state index contributed by atoms with van der Waals surface area (Å²) in [4.78, 5) is 19.1. The van der Waals surface area contributed by atoms with Crippen molar-refractivity contribution in [2.24, 2.45) is 0 Å². The molecule has 0 bridgehead atoms. The quantitative estimate of drug-likeness (QED) is 0.459. The lowest BCUT2D eigenvalue weighted by atomic mass is 10.6. The third-order valence-electron chi connectivity index (χ3n) is 0.502. The van der Waals surface area contributed by atoms with Crippen LogP contribution in [0.3, 0.4) is 0 Å². The molecule has 0 saturated carbocycles. The molecule has 0 atom stereocenters. The maximum Gasteiger partial charge on any atom is 0.330 e. The molecular formula is C7H12O5. The summed E-state index contributed by atoms with van der Waals surface area (Å²) in [5.74, 6) is -1.33. The second kappa shape index (κ2) is 9.64. The zero-order chi connectivity index (χ0) is 9.98. The summed E-state index contributed by atoms with van der Waals surface area (Å²) in [5, 5.41) is 15.5. The van der Waals surface area contributed by atoms with Gasteiger partial charge in [0.1, 0.15) is 6.61 Å². The van der Waals surface area contributed by atoms with E-state index in [9.17, 15) is 4.79 Å². The van der Waals surface area contributed by atoms with Crippen molar-refractivity contribution in [2.75, 3.05) is 13.2 Å². The average Bonchev–Trinajstić information content (AvgIpc) is 1.99. The number of hydrogen-bond acceptors (Lipinski definition) is 4. The minimum Gasteiger partial charge on any atom is -0.481 e. The minimum absolute atomic E-state index is 0.0465. The van der Waals surface area contributed by atoms with Crippen LogP contribution in [0.5, 0.6) is 0 Å². The predicted molar refractivity (Wildman–Crippen MR) is 41.6 cm³/mol. The van der Waals surface area contributed by atoms with Crippen LogP contribution in [-0.4, -0.2) is 35.4 Å². The summed E-state index contributed by atoms with van der Waals surface area (Å²) in [5.41, 5.74) is 0. The van der Waals surface area contributed by atoms with Crippen molar-refractivity contribution in [3.05, 3.63) is 12.7 Å². The molecule has 70 valence electrons. The van der Waals surface area contributed by atoms with Crippen LogP contribution < -0.4 is 0 Å². The van der Waals surface area contributed by atoms with Gasteiger partial charge in [0.2, 0.25) is 0 Å². The van der Waals surface area contributed by atoms with E-state index in [1.807, 2.05) is 0 Å². The van der Waals surface area contributed by atoms with Crippen LogP contribution in [0, 0.1) is 0 Å². The van der Waals surface area contributed by atoms with Crippen LogP contribution in [0.2, 0.25) is 0 Å². The van der Waals surface area contributed by atoms with Gasteiger partial charge in [-0.05, 0) is 0 Å². The topological polar surface area (TPSA) is 83.8 Å². The maximum atomic E-state index is 10.1. The van der Waals surface area contributed by atoms with E-state index >= 15 is 0 Å². The van der Waals surface area contributed by atoms with Crippen molar-refractivity contribution in [3.63, 3.8) is 0 Å². The van der Waals surface area contributed by atoms with Gasteiger partial charge < -0.3 is 14.9 Å². The smallest absolute Gasteiger partial charge is 0.330 e. The molecule has 0 amide bonds. The zero-order valence-electron chi connectivity index (χ0n) is 6.82. The fourth-order valence-corrected chi connectivity index (χ4v) is 0.205. The van der Waals surface area contributed by atoms with Crippen molar-refractivity contribution in [1.29, 1.82) is 0 Å². The van der Waals surface area contributed by atoms with Crippen molar-refractivity contribution in [2.45, 2.75) is 6.92 Å². The Morgan fingerprint density at radius 2 is 2.00 bits per heavy atom. The Kier molecular flexibility index (Phi) is 10.6. The fourth-order valence-electron chi connectivity index (χ4n) is 0.205. The molecule has 5 nitrogen and oxygen atoms in total. The van der Waals surface area contributed by atoms with Crippen LogP contribution in [0.15, 0.2) is 12.7 Å². The third kappa shape index (κ3) is 23.4. The molecule has 0 aromatic carbocycles. The van der Waals surface area contributed by atoms with E-state index in [4.69, 9.17) is 15.0 Å². The lowest BCUT2D eigenvalue weighted by Crippen LogP contribution is -2.04. The fraction of sp³-hybridized carbons (Fsp3) is 0.429. The van der Waals surface area contributed by atoms with E-state index < -0.39 is 11.9 Å². The Morgan fingerprint density at radius 3 is 2.25 bits per heavy atom. The monoisotopic (exact) mass is 176 g/mol. The first-order chi connectivity index (χ1) is 5.54. The van der Waals surface area contributed by atoms with E-state index in [-0.39, 0.29) is 13.2 Å². The number of aliphatic carboxylic acids is 1. The number of carboxylic acid groups (broad SMARTS) is 1. The molecule has 0 aliphatic rings. The van der Waals surface area contributed by atoms with Gasteiger partial charge in [-0.3, -0.25) is 4.79 Å². The first-order valence-corrected chi connectivity index (χ1v) is 3.14. The van der Waals surface area contributed by atoms with E-state index in [1.165, 1.54) is 0 Å². The number of carbonyl (C=O) groups excluding carboxylic acids is 1. The van der Waals surface area contributed by atoms with E-state index in [2.05, 4.69) is 11.3 Å². The molecule has 0 heterocycles. The minimum atomic E-state index is -0.833. The largest absolute Gasteiger partial charge is 0.481 e. The molecule has 2 N–H and O–H groups in total. The number of carbonyl (C=O) groups is 2. The molecular weight excluding hydrogens is 164 g/mol. The highest BCUT2D eigenvalue weighted by Gasteiger charge is 1.90. The van der Waals surface area contributed by atoms with Gasteiger partial charge in [-0.2, -0.15) is 0 Å². The Morgan fingerprint density at radius 1 is 1.58 bits per heavy atom. The van der Waals surface area contributed by atoms with Gasteiger partial charge in [0.15, 0.2) is 0 Å². The molecule has 0 aromatic rings. The van der Waals surface area contributed by atoms with Crippen molar-refractivity contribution < 1.29 is 24.5 Å². The highest BCUT2D eigenvalue weighted by atomic mass is 16.5. The molecule has 0 aromatic heterocycles. The number of aliphatic hydroxyl groups is 1. The SMILES string of the molecule is C=CC(=O)OCCO.CC(=O)O. The molecule has 0 saturated heterocycles. The lowest BCUT2D eigenvalue weighted by molar-refractivity contribution is -0.138. The second-order valence-corrected chi connectivity index (χ2v) is 1.61. The van der Waals surface area contributed by atoms with Gasteiger partial charge in [-0.1, -0.05) is 6.58 Å². The molecule has 0 unspecified atom stereocenters. The summed E-state index contributed by atoms with van der Waals surface area (Å²) in [6.07, 6.45) is 1.05. The summed E-state index contributed by atoms with van der Waals surface area (Å²) < 4.78 is 4.33. The summed E-state index contributed by atoms with van der Waals surface area (Å²) >= 11 is 0. The zero-order valence-corrected chi connectivity index (χ0v) is 6.82. The molecule has 0 radical (unpaired) electrons. The van der Waals surface area contributed by atoms with E-state index in [0.29, 0.717) is 0 Å². The molecule has 0 aliphatic carbocycles. The standard InChI is InChI=1S/C5H8O3.C2H4O2/c1-2-5(7)8-4-3-6;1-2(3)4/h2,6H,1,3-4H2;1H3,(H,3,4). The summed E-state index contributed by atoms with van der Waals surface area (Å²) in [6.45, 7) is 4.15. The molecule has 12 heavy (non-hydrogen) atoms. The highest BCUT2D eigenvalue weighted by molar-refractivity contribution is 5.81. The molecule has 5 heteroatoms. The Hall–Kier alpha value is -1.36. The number of esters is 1. The number of aliphatic hydroxyl groups excluding tert-OH is 1. The first-order valence-electron chi connectivity index (χ1n) is 3.14. The van der Waals surface area contributed by atoms with Crippen LogP contribution in [0.1, 0.15) is 6.92 Å². The second-order valence-electron chi connectivity index (χ2n) is 1.61. The number of hydrogen-bond donors (Lipinski definition) is 2. The van der Waals surface area contributed by atoms with Gasteiger partial charge in [-0.15, -0.1) is 0 Å². The van der Waals surface area contributed by atoms with Crippen molar-refractivity contribution >= 4 is 11.9 Å². The number of ether oxygens (including phenoxy) is 1. The van der Waals surface area contributed by atoms with Gasteiger partial charge in [0, 0.05) is 13.0 Å². The van der Waals surface area contributed by atoms with Gasteiger partial charge in [-0.25, -0.2) is 4.79 Å². The van der Waals surface area contributed by atoms with E-state index in [0.717, 1.165) is 13.0 Å². The van der Waals surface area contributed by atoms with Crippen molar-refractivity contribution in [1.82, 2.24) is 0 Å². The Labute approximate surface area is 70.3 Å². The summed E-state index contributed by atoms with van der Waals surface area (Å²) in [6, 6.07) is 0. The van der Waals surface area contributed by atoms with Crippen LogP contribution >= 0.6 is 0 Å². The van der Waals surface area contributed by atoms with Gasteiger partial charge in [0.05, 0.1) is 6.61 Å². The Bertz CT molecular complexity index is 148. The van der Waals surface area contributed by atoms with Gasteiger partial charge >= 0.3 is 5.97 Å². The van der Waals surface area contributed by atoms with Crippen LogP contribution in [0.25, 0.3) is 0 Å². The Balaban J connectivity index is 0. The van der Waals surface area contributed by atoms with Gasteiger partial charge in [0.25, 0.3) is 5.97 Å². The molecule has 0 spiro atoms. The first kappa shape index (κ1) is 13.2. The van der Waals surface area contributed by atoms with Crippen LogP contribution in [0.4, 0.5) is 0 Å². The molecule has 0 fully saturated rings. The number of rotatable bonds is 3. The predicted octanol–water partition coefficient (Wildman–Crippen LogP) is -0.201. The van der Waals surface area contributed by atoms with Crippen molar-refractivity contribution in [3.8, 4) is 0 Å². The lowest BCUT2D eigenvalue weighted by Gasteiger charge is -1.94. The third-order valence-corrected chi connectivity index (χ3v) is 0.502. The molecule has 0 rings (SSSR count).